The van der Waals surface area contributed by atoms with E-state index in [1.165, 1.54) is 24.0 Å². The van der Waals surface area contributed by atoms with E-state index in [0.717, 1.165) is 0 Å². The topological polar surface area (TPSA) is 3.24 Å². The molecule has 0 radical (unpaired) electrons. The van der Waals surface area contributed by atoms with Crippen LogP contribution in [0.3, 0.4) is 0 Å². The molecule has 1 nitrogen and oxygen atoms in total. The SMILES string of the molecule is CCC1N(C)[C@@H](C)CC1(c1ccccc1)c1ccccc1. The molecule has 0 aliphatic carbocycles. The first-order valence-electron chi connectivity index (χ1n) is 8.03. The van der Waals surface area contributed by atoms with Crippen LogP contribution >= 0.6 is 0 Å². The molecule has 0 spiro atoms. The fraction of sp³-hybridized carbons (Fsp3) is 0.400. The molecule has 1 fully saturated rings. The van der Waals surface area contributed by atoms with Gasteiger partial charge in [0.05, 0.1) is 0 Å². The van der Waals surface area contributed by atoms with Crippen molar-refractivity contribution in [2.75, 3.05) is 7.05 Å². The molecule has 2 aromatic carbocycles. The van der Waals surface area contributed by atoms with E-state index < -0.39 is 0 Å². The molecule has 0 N–H and O–H groups in total. The Balaban J connectivity index is 2.21. The van der Waals surface area contributed by atoms with Crippen molar-refractivity contribution in [3.8, 4) is 0 Å². The van der Waals surface area contributed by atoms with Crippen molar-refractivity contribution < 1.29 is 0 Å². The van der Waals surface area contributed by atoms with Gasteiger partial charge in [0.2, 0.25) is 0 Å². The zero-order valence-electron chi connectivity index (χ0n) is 13.3. The van der Waals surface area contributed by atoms with Gasteiger partial charge in [-0.3, -0.25) is 4.90 Å². The maximum absolute atomic E-state index is 2.57. The molecule has 1 aliphatic rings. The summed E-state index contributed by atoms with van der Waals surface area (Å²) < 4.78 is 0. The summed E-state index contributed by atoms with van der Waals surface area (Å²) in [7, 11) is 2.28. The average Bonchev–Trinajstić information content (AvgIpc) is 2.81. The lowest BCUT2D eigenvalue weighted by molar-refractivity contribution is 0.224. The fourth-order valence-electron chi connectivity index (χ4n) is 4.30. The summed E-state index contributed by atoms with van der Waals surface area (Å²) in [6.07, 6.45) is 2.36. The highest BCUT2D eigenvalue weighted by Crippen LogP contribution is 2.48. The minimum atomic E-state index is 0.117. The Morgan fingerprint density at radius 2 is 1.43 bits per heavy atom. The van der Waals surface area contributed by atoms with Gasteiger partial charge in [0.1, 0.15) is 0 Å². The van der Waals surface area contributed by atoms with Crippen LogP contribution in [0.5, 0.6) is 0 Å². The van der Waals surface area contributed by atoms with E-state index in [2.05, 4.69) is 86.5 Å². The Hall–Kier alpha value is -1.60. The molecule has 1 saturated heterocycles. The van der Waals surface area contributed by atoms with Gasteiger partial charge in [-0.15, -0.1) is 0 Å². The lowest BCUT2D eigenvalue weighted by Crippen LogP contribution is -2.42. The summed E-state index contributed by atoms with van der Waals surface area (Å²) in [5, 5.41) is 0. The van der Waals surface area contributed by atoms with Crippen molar-refractivity contribution in [3.05, 3.63) is 71.8 Å². The van der Waals surface area contributed by atoms with Crippen LogP contribution in [0.1, 0.15) is 37.8 Å². The first-order valence-corrected chi connectivity index (χ1v) is 8.03. The van der Waals surface area contributed by atoms with Crippen LogP contribution in [0, 0.1) is 0 Å². The van der Waals surface area contributed by atoms with Gasteiger partial charge in [0, 0.05) is 17.5 Å². The average molecular weight is 279 g/mol. The summed E-state index contributed by atoms with van der Waals surface area (Å²) in [4.78, 5) is 2.57. The second-order valence-corrected chi connectivity index (χ2v) is 6.35. The van der Waals surface area contributed by atoms with E-state index in [4.69, 9.17) is 0 Å². The first kappa shape index (κ1) is 14.3. The molecule has 1 heteroatoms. The van der Waals surface area contributed by atoms with Gasteiger partial charge in [0.25, 0.3) is 0 Å². The monoisotopic (exact) mass is 279 g/mol. The maximum Gasteiger partial charge on any atom is 0.0372 e. The Bertz CT molecular complexity index is 536. The first-order chi connectivity index (χ1) is 10.2. The summed E-state index contributed by atoms with van der Waals surface area (Å²) in [5.74, 6) is 0. The fourth-order valence-corrected chi connectivity index (χ4v) is 4.30. The van der Waals surface area contributed by atoms with Crippen molar-refractivity contribution in [2.45, 2.75) is 44.2 Å². The highest BCUT2D eigenvalue weighted by Gasteiger charge is 2.50. The summed E-state index contributed by atoms with van der Waals surface area (Å²) >= 11 is 0. The molecule has 0 bridgehead atoms. The molecule has 0 aromatic heterocycles. The van der Waals surface area contributed by atoms with Crippen LogP contribution < -0.4 is 0 Å². The molecule has 1 aliphatic heterocycles. The molecule has 21 heavy (non-hydrogen) atoms. The molecule has 110 valence electrons. The number of rotatable bonds is 3. The number of hydrogen-bond donors (Lipinski definition) is 0. The van der Waals surface area contributed by atoms with Gasteiger partial charge < -0.3 is 0 Å². The molecule has 1 heterocycles. The normalized spacial score (nSPS) is 25.1. The summed E-state index contributed by atoms with van der Waals surface area (Å²) in [6, 6.07) is 23.3. The minimum Gasteiger partial charge on any atom is -0.299 e. The van der Waals surface area contributed by atoms with Gasteiger partial charge in [-0.2, -0.15) is 0 Å². The summed E-state index contributed by atoms with van der Waals surface area (Å²) in [5.41, 5.74) is 3.03. The van der Waals surface area contributed by atoms with Gasteiger partial charge >= 0.3 is 0 Å². The number of likely N-dealkylation sites (N-methyl/N-ethyl adjacent to an activating group) is 1. The van der Waals surface area contributed by atoms with Crippen molar-refractivity contribution in [2.24, 2.45) is 0 Å². The Labute approximate surface area is 128 Å². The van der Waals surface area contributed by atoms with Crippen LogP contribution in [-0.4, -0.2) is 24.0 Å². The smallest absolute Gasteiger partial charge is 0.0372 e. The van der Waals surface area contributed by atoms with E-state index in [1.807, 2.05) is 0 Å². The predicted molar refractivity (Wildman–Crippen MR) is 89.6 cm³/mol. The third-order valence-electron chi connectivity index (χ3n) is 5.34. The number of likely N-dealkylation sites (tertiary alicyclic amines) is 1. The lowest BCUT2D eigenvalue weighted by Gasteiger charge is -2.38. The second kappa shape index (κ2) is 5.65. The van der Waals surface area contributed by atoms with Crippen LogP contribution in [0.25, 0.3) is 0 Å². The third-order valence-corrected chi connectivity index (χ3v) is 5.34. The lowest BCUT2D eigenvalue weighted by atomic mass is 9.68. The molecular formula is C20H25N. The molecular weight excluding hydrogens is 254 g/mol. The van der Waals surface area contributed by atoms with Crippen molar-refractivity contribution in [3.63, 3.8) is 0 Å². The number of nitrogens with zero attached hydrogens (tertiary/aromatic N) is 1. The van der Waals surface area contributed by atoms with E-state index in [-0.39, 0.29) is 5.41 Å². The Morgan fingerprint density at radius 3 is 1.86 bits per heavy atom. The standard InChI is InChI=1S/C20H25N/c1-4-19-20(15-16(2)21(19)3,17-11-7-5-8-12-17)18-13-9-6-10-14-18/h5-14,16,19H,4,15H2,1-3H3/t16-,19?/m0/s1. The number of hydrogen-bond acceptors (Lipinski definition) is 1. The highest BCUT2D eigenvalue weighted by molar-refractivity contribution is 5.43. The van der Waals surface area contributed by atoms with Crippen molar-refractivity contribution >= 4 is 0 Å². The largest absolute Gasteiger partial charge is 0.299 e. The van der Waals surface area contributed by atoms with Crippen LogP contribution in [-0.2, 0) is 5.41 Å². The van der Waals surface area contributed by atoms with Gasteiger partial charge in [-0.25, -0.2) is 0 Å². The van der Waals surface area contributed by atoms with E-state index in [0.29, 0.717) is 12.1 Å². The van der Waals surface area contributed by atoms with Crippen LogP contribution in [0.2, 0.25) is 0 Å². The van der Waals surface area contributed by atoms with Gasteiger partial charge in [0.15, 0.2) is 0 Å². The highest BCUT2D eigenvalue weighted by atomic mass is 15.2. The number of benzene rings is 2. The second-order valence-electron chi connectivity index (χ2n) is 6.35. The Kier molecular flexibility index (Phi) is 3.86. The van der Waals surface area contributed by atoms with E-state index in [1.54, 1.807) is 0 Å². The molecule has 2 aromatic rings. The van der Waals surface area contributed by atoms with Gasteiger partial charge in [-0.1, -0.05) is 67.6 Å². The molecule has 0 amide bonds. The van der Waals surface area contributed by atoms with E-state index >= 15 is 0 Å². The van der Waals surface area contributed by atoms with Crippen molar-refractivity contribution in [1.82, 2.24) is 4.90 Å². The quantitative estimate of drug-likeness (QED) is 0.801. The molecule has 0 saturated carbocycles. The molecule has 1 unspecified atom stereocenters. The third kappa shape index (κ3) is 2.20. The maximum atomic E-state index is 2.57. The summed E-state index contributed by atoms with van der Waals surface area (Å²) in [6.45, 7) is 4.68. The zero-order chi connectivity index (χ0) is 14.9. The van der Waals surface area contributed by atoms with Crippen LogP contribution in [0.15, 0.2) is 60.7 Å². The van der Waals surface area contributed by atoms with Crippen LogP contribution in [0.4, 0.5) is 0 Å². The van der Waals surface area contributed by atoms with Gasteiger partial charge in [-0.05, 0) is 37.9 Å². The predicted octanol–water partition coefficient (Wildman–Crippen LogP) is 4.48. The molecule has 3 rings (SSSR count). The zero-order valence-corrected chi connectivity index (χ0v) is 13.3. The van der Waals surface area contributed by atoms with Crippen molar-refractivity contribution in [1.29, 1.82) is 0 Å². The Morgan fingerprint density at radius 1 is 0.952 bits per heavy atom. The van der Waals surface area contributed by atoms with E-state index in [9.17, 15) is 0 Å². The molecule has 2 atom stereocenters. The minimum absolute atomic E-state index is 0.117.